The van der Waals surface area contributed by atoms with E-state index in [0.717, 1.165) is 12.8 Å². The average molecular weight is 436 g/mol. The zero-order chi connectivity index (χ0) is 17.9. The van der Waals surface area contributed by atoms with Gasteiger partial charge in [-0.3, -0.25) is 4.79 Å². The van der Waals surface area contributed by atoms with Crippen molar-refractivity contribution in [1.29, 1.82) is 0 Å². The molecule has 0 spiro atoms. The molecule has 132 valence electrons. The molecule has 0 radical (unpaired) electrons. The number of sulfonamides is 1. The average Bonchev–Trinajstić information content (AvgIpc) is 2.52. The van der Waals surface area contributed by atoms with Gasteiger partial charge < -0.3 is 5.32 Å². The molecule has 1 unspecified atom stereocenters. The van der Waals surface area contributed by atoms with E-state index in [1.165, 1.54) is 22.5 Å². The predicted octanol–water partition coefficient (Wildman–Crippen LogP) is 3.40. The molecule has 0 aromatic heterocycles. The summed E-state index contributed by atoms with van der Waals surface area (Å²) in [5.41, 5.74) is 0.247. The molecule has 1 amide bonds. The minimum Gasteiger partial charge on any atom is -0.347 e. The molecule has 8 heteroatoms. The van der Waals surface area contributed by atoms with E-state index in [9.17, 15) is 13.2 Å². The first kappa shape index (κ1) is 19.4. The molecule has 1 atom stereocenters. The quantitative estimate of drug-likeness (QED) is 0.771. The maximum atomic E-state index is 12.9. The molecule has 0 saturated carbocycles. The van der Waals surface area contributed by atoms with Gasteiger partial charge in [0.2, 0.25) is 10.0 Å². The Balaban J connectivity index is 2.30. The SMILES string of the molecule is C=C(Br)CNC(=O)c1ccc(Cl)c(S(=O)(=O)N2CCCC(C)C2)c1. The van der Waals surface area contributed by atoms with Gasteiger partial charge in [-0.15, -0.1) is 0 Å². The fourth-order valence-electron chi connectivity index (χ4n) is 2.62. The van der Waals surface area contributed by atoms with Crippen LogP contribution in [0.4, 0.5) is 0 Å². The second kappa shape index (κ2) is 7.99. The molecule has 0 bridgehead atoms. The zero-order valence-corrected chi connectivity index (χ0v) is 16.5. The van der Waals surface area contributed by atoms with E-state index < -0.39 is 10.0 Å². The van der Waals surface area contributed by atoms with Crippen LogP contribution >= 0.6 is 27.5 Å². The zero-order valence-electron chi connectivity index (χ0n) is 13.4. The second-order valence-electron chi connectivity index (χ2n) is 5.96. The Morgan fingerprint density at radius 3 is 2.83 bits per heavy atom. The largest absolute Gasteiger partial charge is 0.347 e. The van der Waals surface area contributed by atoms with Gasteiger partial charge in [-0.05, 0) is 37.0 Å². The summed E-state index contributed by atoms with van der Waals surface area (Å²) in [7, 11) is -3.72. The van der Waals surface area contributed by atoms with E-state index in [1.54, 1.807) is 0 Å². The van der Waals surface area contributed by atoms with Gasteiger partial charge in [0.25, 0.3) is 5.91 Å². The Bertz CT molecular complexity index is 752. The molecule has 1 heterocycles. The maximum Gasteiger partial charge on any atom is 0.251 e. The smallest absolute Gasteiger partial charge is 0.251 e. The summed E-state index contributed by atoms with van der Waals surface area (Å²) in [6.45, 7) is 6.87. The lowest BCUT2D eigenvalue weighted by Gasteiger charge is -2.30. The lowest BCUT2D eigenvalue weighted by Crippen LogP contribution is -2.39. The predicted molar refractivity (Wildman–Crippen MR) is 99.0 cm³/mol. The van der Waals surface area contributed by atoms with Crippen molar-refractivity contribution in [1.82, 2.24) is 9.62 Å². The third kappa shape index (κ3) is 4.59. The molecular formula is C16H20BrClN2O3S. The van der Waals surface area contributed by atoms with Crippen LogP contribution in [0.1, 0.15) is 30.1 Å². The van der Waals surface area contributed by atoms with Gasteiger partial charge in [-0.25, -0.2) is 8.42 Å². The highest BCUT2D eigenvalue weighted by Crippen LogP contribution is 2.29. The van der Waals surface area contributed by atoms with Gasteiger partial charge in [-0.1, -0.05) is 41.0 Å². The van der Waals surface area contributed by atoms with Crippen molar-refractivity contribution in [3.05, 3.63) is 39.8 Å². The van der Waals surface area contributed by atoms with Gasteiger partial charge in [0, 0.05) is 29.7 Å². The number of carbonyl (C=O) groups excluding carboxylic acids is 1. The summed E-state index contributed by atoms with van der Waals surface area (Å²) in [6, 6.07) is 4.29. The first-order valence-corrected chi connectivity index (χ1v) is 10.2. The Labute approximate surface area is 156 Å². The van der Waals surface area contributed by atoms with Crippen molar-refractivity contribution >= 4 is 43.5 Å². The van der Waals surface area contributed by atoms with Crippen molar-refractivity contribution < 1.29 is 13.2 Å². The highest BCUT2D eigenvalue weighted by atomic mass is 79.9. The van der Waals surface area contributed by atoms with Crippen molar-refractivity contribution in [3.8, 4) is 0 Å². The number of hydrogen-bond acceptors (Lipinski definition) is 3. The molecule has 1 aromatic carbocycles. The molecule has 1 aliphatic rings. The van der Waals surface area contributed by atoms with Crippen LogP contribution in [0.3, 0.4) is 0 Å². The summed E-state index contributed by atoms with van der Waals surface area (Å²) < 4.78 is 27.8. The third-order valence-corrected chi connectivity index (χ3v) is 6.50. The molecule has 1 aromatic rings. The molecule has 1 aliphatic heterocycles. The van der Waals surface area contributed by atoms with Crippen LogP contribution in [-0.4, -0.2) is 38.3 Å². The topological polar surface area (TPSA) is 66.5 Å². The molecule has 5 nitrogen and oxygen atoms in total. The number of nitrogens with zero attached hydrogens (tertiary/aromatic N) is 1. The lowest BCUT2D eigenvalue weighted by molar-refractivity contribution is 0.0957. The number of piperidine rings is 1. The summed E-state index contributed by atoms with van der Waals surface area (Å²) in [4.78, 5) is 12.1. The van der Waals surface area contributed by atoms with Gasteiger partial charge >= 0.3 is 0 Å². The third-order valence-electron chi connectivity index (χ3n) is 3.87. The van der Waals surface area contributed by atoms with Gasteiger partial charge in [0.15, 0.2) is 0 Å². The summed E-state index contributed by atoms with van der Waals surface area (Å²) in [5, 5.41) is 2.77. The van der Waals surface area contributed by atoms with Crippen LogP contribution in [0.2, 0.25) is 5.02 Å². The Hall–Kier alpha value is -0.890. The van der Waals surface area contributed by atoms with E-state index >= 15 is 0 Å². The Kier molecular flexibility index (Phi) is 6.47. The lowest BCUT2D eigenvalue weighted by atomic mass is 10.0. The van der Waals surface area contributed by atoms with Gasteiger partial charge in [0.1, 0.15) is 4.90 Å². The van der Waals surface area contributed by atoms with Crippen LogP contribution in [0.5, 0.6) is 0 Å². The first-order chi connectivity index (χ1) is 11.2. The fraction of sp³-hybridized carbons (Fsp3) is 0.438. The molecule has 0 aliphatic carbocycles. The van der Waals surface area contributed by atoms with E-state index in [2.05, 4.69) is 27.8 Å². The van der Waals surface area contributed by atoms with Crippen LogP contribution in [0.15, 0.2) is 34.2 Å². The molecule has 1 saturated heterocycles. The standard InChI is InChI=1S/C16H20BrClN2O3S/c1-11-4-3-7-20(10-11)24(22,23)15-8-13(5-6-14(15)18)16(21)19-9-12(2)17/h5-6,8,11H,2-4,7,9-10H2,1H3,(H,19,21). The minimum absolute atomic E-state index is 0.0245. The van der Waals surface area contributed by atoms with Gasteiger partial charge in [-0.2, -0.15) is 4.31 Å². The molecule has 2 rings (SSSR count). The van der Waals surface area contributed by atoms with Crippen molar-refractivity contribution in [2.75, 3.05) is 19.6 Å². The number of carbonyl (C=O) groups is 1. The van der Waals surface area contributed by atoms with Crippen LogP contribution in [-0.2, 0) is 10.0 Å². The monoisotopic (exact) mass is 434 g/mol. The molecule has 24 heavy (non-hydrogen) atoms. The summed E-state index contributed by atoms with van der Waals surface area (Å²) >= 11 is 9.27. The van der Waals surface area contributed by atoms with Crippen LogP contribution in [0, 0.1) is 5.92 Å². The number of hydrogen-bond donors (Lipinski definition) is 1. The highest BCUT2D eigenvalue weighted by molar-refractivity contribution is 9.11. The van der Waals surface area contributed by atoms with Crippen LogP contribution in [0.25, 0.3) is 0 Å². The Morgan fingerprint density at radius 2 is 2.21 bits per heavy atom. The van der Waals surface area contributed by atoms with Crippen molar-refractivity contribution in [2.24, 2.45) is 5.92 Å². The molecular weight excluding hydrogens is 416 g/mol. The summed E-state index contributed by atoms with van der Waals surface area (Å²) in [5.74, 6) is -0.0700. The van der Waals surface area contributed by atoms with E-state index in [4.69, 9.17) is 11.6 Å². The first-order valence-electron chi connectivity index (χ1n) is 7.63. The van der Waals surface area contributed by atoms with Gasteiger partial charge in [0.05, 0.1) is 5.02 Å². The highest BCUT2D eigenvalue weighted by Gasteiger charge is 2.30. The van der Waals surface area contributed by atoms with Crippen molar-refractivity contribution in [2.45, 2.75) is 24.7 Å². The van der Waals surface area contributed by atoms with Crippen molar-refractivity contribution in [3.63, 3.8) is 0 Å². The fourth-order valence-corrected chi connectivity index (χ4v) is 4.86. The Morgan fingerprint density at radius 1 is 1.50 bits per heavy atom. The number of nitrogens with one attached hydrogen (secondary N) is 1. The van der Waals surface area contributed by atoms with Crippen LogP contribution < -0.4 is 5.32 Å². The number of rotatable bonds is 5. The molecule has 1 fully saturated rings. The normalized spacial score (nSPS) is 19.0. The van der Waals surface area contributed by atoms with E-state index in [0.29, 0.717) is 23.5 Å². The number of halogens is 2. The van der Waals surface area contributed by atoms with E-state index in [-0.39, 0.29) is 27.9 Å². The minimum atomic E-state index is -3.72. The molecule has 1 N–H and O–H groups in total. The number of amides is 1. The second-order valence-corrected chi connectivity index (χ2v) is 9.39. The maximum absolute atomic E-state index is 12.9. The number of benzene rings is 1. The van der Waals surface area contributed by atoms with E-state index in [1.807, 2.05) is 6.92 Å². The summed E-state index contributed by atoms with van der Waals surface area (Å²) in [6.07, 6.45) is 1.84.